The molecule has 116 valence electrons. The van der Waals surface area contributed by atoms with Gasteiger partial charge in [0.05, 0.1) is 6.04 Å². The minimum absolute atomic E-state index is 0.213. The van der Waals surface area contributed by atoms with Crippen molar-refractivity contribution in [1.29, 1.82) is 0 Å². The van der Waals surface area contributed by atoms with Crippen LogP contribution < -0.4 is 10.6 Å². The summed E-state index contributed by atoms with van der Waals surface area (Å²) in [6.07, 6.45) is 3.68. The van der Waals surface area contributed by atoms with Crippen LogP contribution in [-0.4, -0.2) is 35.6 Å². The molecule has 1 unspecified atom stereocenters. The maximum Gasteiger partial charge on any atom is 0.170 e. The highest BCUT2D eigenvalue weighted by Gasteiger charge is 2.14. The number of pyridine rings is 1. The van der Waals surface area contributed by atoms with Crippen molar-refractivity contribution in [1.82, 2.24) is 15.2 Å². The summed E-state index contributed by atoms with van der Waals surface area (Å²) in [6.45, 7) is 0.717. The fourth-order valence-corrected chi connectivity index (χ4v) is 2.63. The van der Waals surface area contributed by atoms with Gasteiger partial charge in [0.25, 0.3) is 0 Å². The third kappa shape index (κ3) is 5.19. The van der Waals surface area contributed by atoms with E-state index in [1.54, 1.807) is 6.20 Å². The largest absolute Gasteiger partial charge is 0.361 e. The van der Waals surface area contributed by atoms with E-state index >= 15 is 0 Å². The van der Waals surface area contributed by atoms with Crippen molar-refractivity contribution in [3.63, 3.8) is 0 Å². The SMILES string of the molecule is CN(C)C(CNC(=S)Nc1ccc(I)cc1)c1cccnc1. The number of halogens is 1. The number of thiocarbonyl (C=S) groups is 1. The molecule has 0 saturated carbocycles. The molecule has 1 aromatic carbocycles. The van der Waals surface area contributed by atoms with Crippen LogP contribution in [0.25, 0.3) is 0 Å². The number of anilines is 1. The minimum atomic E-state index is 0.213. The average molecular weight is 426 g/mol. The maximum absolute atomic E-state index is 5.37. The Morgan fingerprint density at radius 1 is 1.27 bits per heavy atom. The van der Waals surface area contributed by atoms with Gasteiger partial charge in [-0.1, -0.05) is 6.07 Å². The van der Waals surface area contributed by atoms with Crippen LogP contribution in [0.15, 0.2) is 48.8 Å². The van der Waals surface area contributed by atoms with Crippen molar-refractivity contribution in [2.24, 2.45) is 0 Å². The summed E-state index contributed by atoms with van der Waals surface area (Å²) in [5.74, 6) is 0. The molecule has 0 bridgehead atoms. The van der Waals surface area contributed by atoms with E-state index in [9.17, 15) is 0 Å². The van der Waals surface area contributed by atoms with Crippen LogP contribution >= 0.6 is 34.8 Å². The second kappa shape index (κ2) is 8.40. The predicted octanol–water partition coefficient (Wildman–Crippen LogP) is 3.28. The van der Waals surface area contributed by atoms with Gasteiger partial charge in [-0.3, -0.25) is 4.98 Å². The maximum atomic E-state index is 5.37. The molecule has 22 heavy (non-hydrogen) atoms. The zero-order valence-electron chi connectivity index (χ0n) is 12.6. The predicted molar refractivity (Wildman–Crippen MR) is 104 cm³/mol. The molecule has 0 radical (unpaired) electrons. The Kier molecular flexibility index (Phi) is 6.53. The van der Waals surface area contributed by atoms with Crippen LogP contribution in [0.4, 0.5) is 5.69 Å². The molecule has 2 aromatic rings. The Balaban J connectivity index is 1.92. The van der Waals surface area contributed by atoms with E-state index in [0.29, 0.717) is 5.11 Å². The lowest BCUT2D eigenvalue weighted by Gasteiger charge is -2.25. The summed E-state index contributed by atoms with van der Waals surface area (Å²) < 4.78 is 1.20. The molecule has 0 aliphatic carbocycles. The highest BCUT2D eigenvalue weighted by molar-refractivity contribution is 14.1. The molecule has 0 aliphatic rings. The molecule has 2 N–H and O–H groups in total. The second-order valence-electron chi connectivity index (χ2n) is 5.11. The summed E-state index contributed by atoms with van der Waals surface area (Å²) in [4.78, 5) is 6.34. The van der Waals surface area contributed by atoms with Crippen LogP contribution in [-0.2, 0) is 0 Å². The zero-order valence-corrected chi connectivity index (χ0v) is 15.6. The number of benzene rings is 1. The first-order valence-electron chi connectivity index (χ1n) is 6.93. The molecule has 1 atom stereocenters. The third-order valence-electron chi connectivity index (χ3n) is 3.25. The molecule has 4 nitrogen and oxygen atoms in total. The summed E-state index contributed by atoms with van der Waals surface area (Å²) in [5.41, 5.74) is 2.15. The highest BCUT2D eigenvalue weighted by atomic mass is 127. The molecule has 0 saturated heterocycles. The lowest BCUT2D eigenvalue weighted by molar-refractivity contribution is 0.298. The van der Waals surface area contributed by atoms with Gasteiger partial charge in [-0.25, -0.2) is 0 Å². The molecule has 0 spiro atoms. The van der Waals surface area contributed by atoms with Gasteiger partial charge in [0.15, 0.2) is 5.11 Å². The number of nitrogens with zero attached hydrogens (tertiary/aromatic N) is 2. The summed E-state index contributed by atoms with van der Waals surface area (Å²) in [7, 11) is 4.10. The first-order chi connectivity index (χ1) is 10.6. The normalized spacial score (nSPS) is 12.0. The van der Waals surface area contributed by atoms with Gasteiger partial charge in [-0.05, 0) is 84.8 Å². The van der Waals surface area contributed by atoms with E-state index in [1.165, 1.54) is 3.57 Å². The Morgan fingerprint density at radius 2 is 2.00 bits per heavy atom. The lowest BCUT2D eigenvalue weighted by atomic mass is 10.1. The van der Waals surface area contributed by atoms with Gasteiger partial charge in [0.2, 0.25) is 0 Å². The Bertz CT molecular complexity index is 601. The van der Waals surface area contributed by atoms with Gasteiger partial charge >= 0.3 is 0 Å². The second-order valence-corrected chi connectivity index (χ2v) is 6.76. The van der Waals surface area contributed by atoms with E-state index < -0.39 is 0 Å². The fourth-order valence-electron chi connectivity index (χ4n) is 2.07. The van der Waals surface area contributed by atoms with Gasteiger partial charge in [-0.2, -0.15) is 0 Å². The molecule has 1 aromatic heterocycles. The van der Waals surface area contributed by atoms with E-state index in [2.05, 4.69) is 63.3 Å². The quantitative estimate of drug-likeness (QED) is 0.568. The van der Waals surface area contributed by atoms with Crippen LogP contribution in [0.3, 0.4) is 0 Å². The minimum Gasteiger partial charge on any atom is -0.361 e. The standard InChI is InChI=1S/C16H19IN4S/c1-21(2)15(12-4-3-9-18-10-12)11-19-16(22)20-14-7-5-13(17)6-8-14/h3-10,15H,11H2,1-2H3,(H2,19,20,22). The molecular weight excluding hydrogens is 407 g/mol. The van der Waals surface area contributed by atoms with Crippen molar-refractivity contribution >= 4 is 45.6 Å². The van der Waals surface area contributed by atoms with Crippen LogP contribution in [0.5, 0.6) is 0 Å². The van der Waals surface area contributed by atoms with Crippen molar-refractivity contribution in [3.8, 4) is 0 Å². The summed E-state index contributed by atoms with van der Waals surface area (Å²) >= 11 is 7.65. The van der Waals surface area contributed by atoms with Crippen molar-refractivity contribution in [2.45, 2.75) is 6.04 Å². The molecule has 6 heteroatoms. The van der Waals surface area contributed by atoms with Gasteiger partial charge < -0.3 is 15.5 Å². The number of aromatic nitrogens is 1. The molecule has 0 aliphatic heterocycles. The topological polar surface area (TPSA) is 40.2 Å². The van der Waals surface area contributed by atoms with Crippen LogP contribution in [0.1, 0.15) is 11.6 Å². The van der Waals surface area contributed by atoms with E-state index in [4.69, 9.17) is 12.2 Å². The molecule has 0 amide bonds. The number of nitrogens with one attached hydrogen (secondary N) is 2. The molecule has 0 fully saturated rings. The van der Waals surface area contributed by atoms with Crippen molar-refractivity contribution in [3.05, 3.63) is 57.9 Å². The van der Waals surface area contributed by atoms with Gasteiger partial charge in [-0.15, -0.1) is 0 Å². The van der Waals surface area contributed by atoms with Crippen LogP contribution in [0, 0.1) is 3.57 Å². The summed E-state index contributed by atoms with van der Waals surface area (Å²) in [5, 5.41) is 7.09. The Labute approximate surface area is 150 Å². The number of hydrogen-bond donors (Lipinski definition) is 2. The van der Waals surface area contributed by atoms with Crippen LogP contribution in [0.2, 0.25) is 0 Å². The lowest BCUT2D eigenvalue weighted by Crippen LogP contribution is -2.36. The molecule has 2 rings (SSSR count). The van der Waals surface area contributed by atoms with E-state index in [1.807, 2.05) is 36.5 Å². The summed E-state index contributed by atoms with van der Waals surface area (Å²) in [6, 6.07) is 12.4. The monoisotopic (exact) mass is 426 g/mol. The molecule has 1 heterocycles. The van der Waals surface area contributed by atoms with Crippen molar-refractivity contribution < 1.29 is 0 Å². The van der Waals surface area contributed by atoms with Gasteiger partial charge in [0.1, 0.15) is 0 Å². The van der Waals surface area contributed by atoms with Crippen molar-refractivity contribution in [2.75, 3.05) is 26.0 Å². The first-order valence-corrected chi connectivity index (χ1v) is 8.41. The number of rotatable bonds is 5. The van der Waals surface area contributed by atoms with Gasteiger partial charge in [0, 0.05) is 28.2 Å². The van der Waals surface area contributed by atoms with E-state index in [0.717, 1.165) is 17.8 Å². The first kappa shape index (κ1) is 17.1. The average Bonchev–Trinajstić information content (AvgIpc) is 2.50. The fraction of sp³-hybridized carbons (Fsp3) is 0.250. The number of hydrogen-bond acceptors (Lipinski definition) is 3. The zero-order chi connectivity index (χ0) is 15.9. The smallest absolute Gasteiger partial charge is 0.170 e. The third-order valence-corrected chi connectivity index (χ3v) is 4.22. The highest BCUT2D eigenvalue weighted by Crippen LogP contribution is 2.16. The Hall–Kier alpha value is -1.25. The van der Waals surface area contributed by atoms with E-state index in [-0.39, 0.29) is 6.04 Å². The number of likely N-dealkylation sites (N-methyl/N-ethyl adjacent to an activating group) is 1. The Morgan fingerprint density at radius 3 is 2.59 bits per heavy atom. The molecular formula is C16H19IN4S.